The lowest BCUT2D eigenvalue weighted by Gasteiger charge is -2.32. The minimum atomic E-state index is -0.410. The number of nitrogens with zero attached hydrogens (tertiary/aromatic N) is 3. The van der Waals surface area contributed by atoms with Crippen LogP contribution in [0.4, 0.5) is 8.78 Å². The molecule has 0 radical (unpaired) electrons. The summed E-state index contributed by atoms with van der Waals surface area (Å²) in [7, 11) is 0. The van der Waals surface area contributed by atoms with Crippen LogP contribution in [0.5, 0.6) is 0 Å². The Kier molecular flexibility index (Phi) is 4.71. The van der Waals surface area contributed by atoms with Crippen molar-refractivity contribution in [2.24, 2.45) is 0 Å². The molecule has 2 heterocycles. The SMILES string of the molecule is O=C(c1cccc(F)c1)N1CCCC(c2cn(-c3ccc(F)cc3)cn2)C1. The van der Waals surface area contributed by atoms with Gasteiger partial charge in [-0.05, 0) is 55.3 Å². The molecule has 138 valence electrons. The number of carbonyl (C=O) groups is 1. The van der Waals surface area contributed by atoms with E-state index in [4.69, 9.17) is 0 Å². The lowest BCUT2D eigenvalue weighted by Crippen LogP contribution is -2.39. The molecule has 1 unspecified atom stereocenters. The number of imidazole rings is 1. The van der Waals surface area contributed by atoms with Crippen LogP contribution in [0.25, 0.3) is 5.69 Å². The van der Waals surface area contributed by atoms with E-state index >= 15 is 0 Å². The summed E-state index contributed by atoms with van der Waals surface area (Å²) in [5, 5.41) is 0. The fourth-order valence-electron chi connectivity index (χ4n) is 3.51. The van der Waals surface area contributed by atoms with Gasteiger partial charge in [-0.25, -0.2) is 13.8 Å². The topological polar surface area (TPSA) is 38.1 Å². The van der Waals surface area contributed by atoms with Crippen LogP contribution in [-0.2, 0) is 0 Å². The number of aromatic nitrogens is 2. The minimum absolute atomic E-state index is 0.123. The highest BCUT2D eigenvalue weighted by Crippen LogP contribution is 2.27. The number of carbonyl (C=O) groups excluding carboxylic acids is 1. The number of piperidine rings is 1. The van der Waals surface area contributed by atoms with Gasteiger partial charge in [0, 0.05) is 36.5 Å². The molecule has 1 atom stereocenters. The minimum Gasteiger partial charge on any atom is -0.338 e. The molecule has 4 nitrogen and oxygen atoms in total. The predicted octanol–water partition coefficient (Wildman–Crippen LogP) is 4.17. The van der Waals surface area contributed by atoms with Crippen molar-refractivity contribution in [3.63, 3.8) is 0 Å². The number of likely N-dealkylation sites (tertiary alicyclic amines) is 1. The maximum absolute atomic E-state index is 13.4. The molecular formula is C21H19F2N3O. The highest BCUT2D eigenvalue weighted by Gasteiger charge is 2.27. The molecule has 0 aliphatic carbocycles. The van der Waals surface area contributed by atoms with E-state index in [9.17, 15) is 13.6 Å². The Labute approximate surface area is 156 Å². The number of hydrogen-bond donors (Lipinski definition) is 0. The fourth-order valence-corrected chi connectivity index (χ4v) is 3.51. The van der Waals surface area contributed by atoms with Gasteiger partial charge in [0.2, 0.25) is 0 Å². The summed E-state index contributed by atoms with van der Waals surface area (Å²) in [6, 6.07) is 12.0. The normalized spacial score (nSPS) is 17.1. The molecule has 0 spiro atoms. The van der Waals surface area contributed by atoms with E-state index in [0.29, 0.717) is 18.7 Å². The van der Waals surface area contributed by atoms with E-state index in [2.05, 4.69) is 4.98 Å². The number of halogens is 2. The van der Waals surface area contributed by atoms with Gasteiger partial charge in [0.25, 0.3) is 5.91 Å². The maximum atomic E-state index is 13.4. The molecule has 0 saturated carbocycles. The second kappa shape index (κ2) is 7.31. The molecule has 27 heavy (non-hydrogen) atoms. The van der Waals surface area contributed by atoms with Crippen molar-refractivity contribution in [3.05, 3.63) is 83.9 Å². The summed E-state index contributed by atoms with van der Waals surface area (Å²) in [6.45, 7) is 1.21. The number of amides is 1. The molecule has 1 fully saturated rings. The van der Waals surface area contributed by atoms with Crippen LogP contribution in [0, 0.1) is 11.6 Å². The van der Waals surface area contributed by atoms with Crippen molar-refractivity contribution in [1.29, 1.82) is 0 Å². The molecule has 1 aliphatic heterocycles. The molecule has 4 rings (SSSR count). The van der Waals surface area contributed by atoms with Gasteiger partial charge in [-0.1, -0.05) is 6.07 Å². The molecule has 1 aromatic heterocycles. The summed E-state index contributed by atoms with van der Waals surface area (Å²) >= 11 is 0. The summed E-state index contributed by atoms with van der Waals surface area (Å²) in [6.07, 6.45) is 5.44. The van der Waals surface area contributed by atoms with Crippen LogP contribution in [-0.4, -0.2) is 33.4 Å². The zero-order valence-electron chi connectivity index (χ0n) is 14.7. The third kappa shape index (κ3) is 3.74. The fraction of sp³-hybridized carbons (Fsp3) is 0.238. The monoisotopic (exact) mass is 367 g/mol. The summed E-state index contributed by atoms with van der Waals surface area (Å²) in [4.78, 5) is 18.9. The van der Waals surface area contributed by atoms with Crippen molar-refractivity contribution < 1.29 is 13.6 Å². The van der Waals surface area contributed by atoms with Gasteiger partial charge in [-0.15, -0.1) is 0 Å². The molecule has 1 amide bonds. The smallest absolute Gasteiger partial charge is 0.253 e. The summed E-state index contributed by atoms with van der Waals surface area (Å²) in [5.41, 5.74) is 2.10. The predicted molar refractivity (Wildman–Crippen MR) is 97.8 cm³/mol. The van der Waals surface area contributed by atoms with E-state index < -0.39 is 5.82 Å². The van der Waals surface area contributed by atoms with Crippen molar-refractivity contribution in [3.8, 4) is 5.69 Å². The Bertz CT molecular complexity index is 952. The average Bonchev–Trinajstić information content (AvgIpc) is 3.18. The Balaban J connectivity index is 1.50. The van der Waals surface area contributed by atoms with Gasteiger partial charge < -0.3 is 9.47 Å². The Morgan fingerprint density at radius 3 is 2.67 bits per heavy atom. The highest BCUT2D eigenvalue weighted by atomic mass is 19.1. The average molecular weight is 367 g/mol. The largest absolute Gasteiger partial charge is 0.338 e. The number of rotatable bonds is 3. The van der Waals surface area contributed by atoms with E-state index in [-0.39, 0.29) is 17.6 Å². The Hall–Kier alpha value is -3.02. The van der Waals surface area contributed by atoms with Gasteiger partial charge in [0.15, 0.2) is 0 Å². The van der Waals surface area contributed by atoms with Gasteiger partial charge in [-0.2, -0.15) is 0 Å². The summed E-state index contributed by atoms with van der Waals surface area (Å²) < 4.78 is 28.4. The lowest BCUT2D eigenvalue weighted by molar-refractivity contribution is 0.0705. The van der Waals surface area contributed by atoms with Crippen molar-refractivity contribution in [2.45, 2.75) is 18.8 Å². The van der Waals surface area contributed by atoms with Crippen LogP contribution in [0.2, 0.25) is 0 Å². The standard InChI is InChI=1S/C21H19F2N3O/c22-17-6-8-19(9-7-17)26-13-20(24-14-26)16-4-2-10-25(12-16)21(27)15-3-1-5-18(23)11-15/h1,3,5-9,11,13-14,16H,2,4,10,12H2. The van der Waals surface area contributed by atoms with Crippen molar-refractivity contribution in [2.75, 3.05) is 13.1 Å². The molecule has 0 bridgehead atoms. The first-order valence-corrected chi connectivity index (χ1v) is 8.95. The molecular weight excluding hydrogens is 348 g/mol. The van der Waals surface area contributed by atoms with Crippen molar-refractivity contribution in [1.82, 2.24) is 14.5 Å². The first-order valence-electron chi connectivity index (χ1n) is 8.95. The number of benzene rings is 2. The van der Waals surface area contributed by atoms with Crippen LogP contribution in [0.3, 0.4) is 0 Å². The molecule has 1 saturated heterocycles. The third-order valence-corrected chi connectivity index (χ3v) is 4.93. The van der Waals surface area contributed by atoms with Gasteiger partial charge in [-0.3, -0.25) is 4.79 Å². The van der Waals surface area contributed by atoms with E-state index in [0.717, 1.165) is 24.2 Å². The second-order valence-corrected chi connectivity index (χ2v) is 6.78. The molecule has 1 aliphatic rings. The van der Waals surface area contributed by atoms with E-state index in [1.807, 2.05) is 10.8 Å². The molecule has 0 N–H and O–H groups in total. The first kappa shape index (κ1) is 17.4. The number of hydrogen-bond acceptors (Lipinski definition) is 2. The van der Waals surface area contributed by atoms with Crippen LogP contribution in [0.15, 0.2) is 61.1 Å². The molecule has 3 aromatic rings. The summed E-state index contributed by atoms with van der Waals surface area (Å²) in [5.74, 6) is -0.722. The third-order valence-electron chi connectivity index (χ3n) is 4.93. The molecule has 6 heteroatoms. The zero-order valence-corrected chi connectivity index (χ0v) is 14.7. The Morgan fingerprint density at radius 2 is 1.89 bits per heavy atom. The lowest BCUT2D eigenvalue weighted by atomic mass is 9.94. The van der Waals surface area contributed by atoms with Gasteiger partial charge in [0.1, 0.15) is 11.6 Å². The van der Waals surface area contributed by atoms with Crippen LogP contribution < -0.4 is 0 Å². The first-order chi connectivity index (χ1) is 13.1. The molecule has 2 aromatic carbocycles. The van der Waals surface area contributed by atoms with Gasteiger partial charge >= 0.3 is 0 Å². The van der Waals surface area contributed by atoms with Crippen molar-refractivity contribution >= 4 is 5.91 Å². The van der Waals surface area contributed by atoms with E-state index in [1.54, 1.807) is 35.5 Å². The van der Waals surface area contributed by atoms with Crippen LogP contribution >= 0.6 is 0 Å². The highest BCUT2D eigenvalue weighted by molar-refractivity contribution is 5.94. The maximum Gasteiger partial charge on any atom is 0.253 e. The van der Waals surface area contributed by atoms with Crippen LogP contribution in [0.1, 0.15) is 34.8 Å². The second-order valence-electron chi connectivity index (χ2n) is 6.78. The van der Waals surface area contributed by atoms with Gasteiger partial charge in [0.05, 0.1) is 12.0 Å². The van der Waals surface area contributed by atoms with E-state index in [1.165, 1.54) is 24.3 Å². The Morgan fingerprint density at radius 1 is 1.07 bits per heavy atom. The quantitative estimate of drug-likeness (QED) is 0.697. The zero-order chi connectivity index (χ0) is 18.8.